The summed E-state index contributed by atoms with van der Waals surface area (Å²) in [5.41, 5.74) is 0.715. The summed E-state index contributed by atoms with van der Waals surface area (Å²) in [6.07, 6.45) is 1.91. The van der Waals surface area contributed by atoms with E-state index >= 15 is 0 Å². The standard InChI is InChI=1S/C18H19N3O3S/c22-16(19-12-5-6-12)18(24)21-9-7-20(8-10-21)17(23)14-11-25-15-4-2-1-3-13(14)15/h1-4,11-12H,5-10H2,(H,19,22). The molecule has 7 heteroatoms. The van der Waals surface area contributed by atoms with E-state index in [-0.39, 0.29) is 11.9 Å². The van der Waals surface area contributed by atoms with Gasteiger partial charge in [0.2, 0.25) is 0 Å². The van der Waals surface area contributed by atoms with Crippen molar-refractivity contribution in [1.29, 1.82) is 0 Å². The van der Waals surface area contributed by atoms with Crippen molar-refractivity contribution in [2.24, 2.45) is 0 Å². The summed E-state index contributed by atoms with van der Waals surface area (Å²) in [4.78, 5) is 40.1. The van der Waals surface area contributed by atoms with E-state index in [4.69, 9.17) is 0 Å². The van der Waals surface area contributed by atoms with Crippen molar-refractivity contribution in [1.82, 2.24) is 15.1 Å². The van der Waals surface area contributed by atoms with E-state index in [1.807, 2.05) is 29.6 Å². The zero-order valence-corrected chi connectivity index (χ0v) is 14.6. The lowest BCUT2D eigenvalue weighted by Gasteiger charge is -2.34. The molecule has 130 valence electrons. The molecular formula is C18H19N3O3S. The van der Waals surface area contributed by atoms with Crippen LogP contribution in [0.4, 0.5) is 0 Å². The number of thiophene rings is 1. The molecule has 1 aliphatic carbocycles. The zero-order valence-electron chi connectivity index (χ0n) is 13.7. The highest BCUT2D eigenvalue weighted by Gasteiger charge is 2.32. The van der Waals surface area contributed by atoms with Gasteiger partial charge in [-0.05, 0) is 18.9 Å². The molecule has 0 unspecified atom stereocenters. The molecule has 1 N–H and O–H groups in total. The Balaban J connectivity index is 1.38. The smallest absolute Gasteiger partial charge is 0.312 e. The van der Waals surface area contributed by atoms with Crippen LogP contribution < -0.4 is 5.32 Å². The Hall–Kier alpha value is -2.41. The molecule has 0 bridgehead atoms. The summed E-state index contributed by atoms with van der Waals surface area (Å²) < 4.78 is 1.09. The SMILES string of the molecule is O=C(NC1CC1)C(=O)N1CCN(C(=O)c2csc3ccccc23)CC1. The maximum absolute atomic E-state index is 12.8. The molecule has 0 spiro atoms. The molecule has 1 saturated carbocycles. The molecule has 2 aromatic rings. The van der Waals surface area contributed by atoms with Crippen molar-refractivity contribution in [2.45, 2.75) is 18.9 Å². The first-order valence-corrected chi connectivity index (χ1v) is 9.37. The molecule has 6 nitrogen and oxygen atoms in total. The number of rotatable bonds is 2. The Morgan fingerprint density at radius 3 is 2.40 bits per heavy atom. The number of hydrogen-bond acceptors (Lipinski definition) is 4. The van der Waals surface area contributed by atoms with Crippen LogP contribution in [0, 0.1) is 0 Å². The predicted molar refractivity (Wildman–Crippen MR) is 95.5 cm³/mol. The van der Waals surface area contributed by atoms with Crippen LogP contribution in [0.25, 0.3) is 10.1 Å². The van der Waals surface area contributed by atoms with Gasteiger partial charge in [0.15, 0.2) is 0 Å². The average molecular weight is 357 g/mol. The van der Waals surface area contributed by atoms with Crippen LogP contribution in [0.2, 0.25) is 0 Å². The third kappa shape index (κ3) is 3.24. The van der Waals surface area contributed by atoms with Crippen LogP contribution in [0.3, 0.4) is 0 Å². The van der Waals surface area contributed by atoms with Gasteiger partial charge in [-0.2, -0.15) is 0 Å². The fraction of sp³-hybridized carbons (Fsp3) is 0.389. The van der Waals surface area contributed by atoms with Crippen molar-refractivity contribution < 1.29 is 14.4 Å². The lowest BCUT2D eigenvalue weighted by molar-refractivity contribution is -0.146. The van der Waals surface area contributed by atoms with Gasteiger partial charge >= 0.3 is 11.8 Å². The number of nitrogens with one attached hydrogen (secondary N) is 1. The fourth-order valence-electron chi connectivity index (χ4n) is 3.04. The number of piperazine rings is 1. The van der Waals surface area contributed by atoms with Gasteiger partial charge in [-0.25, -0.2) is 0 Å². The van der Waals surface area contributed by atoms with Crippen LogP contribution in [0.1, 0.15) is 23.2 Å². The molecule has 1 aromatic carbocycles. The molecule has 1 saturated heterocycles. The highest BCUT2D eigenvalue weighted by atomic mass is 32.1. The van der Waals surface area contributed by atoms with Gasteiger partial charge in [-0.15, -0.1) is 11.3 Å². The lowest BCUT2D eigenvalue weighted by atomic mass is 10.1. The van der Waals surface area contributed by atoms with Gasteiger partial charge in [0.1, 0.15) is 0 Å². The molecule has 2 fully saturated rings. The van der Waals surface area contributed by atoms with Crippen LogP contribution in [-0.4, -0.2) is 59.7 Å². The first-order valence-electron chi connectivity index (χ1n) is 8.49. The minimum Gasteiger partial charge on any atom is -0.345 e. The van der Waals surface area contributed by atoms with Crippen LogP contribution in [-0.2, 0) is 9.59 Å². The number of nitrogens with zero attached hydrogens (tertiary/aromatic N) is 2. The summed E-state index contributed by atoms with van der Waals surface area (Å²) in [5, 5.41) is 5.59. The van der Waals surface area contributed by atoms with E-state index in [9.17, 15) is 14.4 Å². The summed E-state index contributed by atoms with van der Waals surface area (Å²) >= 11 is 1.56. The second kappa shape index (κ2) is 6.48. The van der Waals surface area contributed by atoms with Crippen LogP contribution in [0.5, 0.6) is 0 Å². The second-order valence-corrected chi connectivity index (χ2v) is 7.39. The quantitative estimate of drug-likeness (QED) is 0.828. The number of hydrogen-bond donors (Lipinski definition) is 1. The van der Waals surface area contributed by atoms with Crippen molar-refractivity contribution in [3.63, 3.8) is 0 Å². The van der Waals surface area contributed by atoms with E-state index in [2.05, 4.69) is 5.32 Å². The number of benzene rings is 1. The normalized spacial score (nSPS) is 17.6. The minimum atomic E-state index is -0.522. The monoisotopic (exact) mass is 357 g/mol. The fourth-order valence-corrected chi connectivity index (χ4v) is 3.98. The van der Waals surface area contributed by atoms with Gasteiger partial charge in [0.25, 0.3) is 5.91 Å². The Bertz CT molecular complexity index is 835. The molecule has 0 atom stereocenters. The minimum absolute atomic E-state index is 0.00743. The van der Waals surface area contributed by atoms with Crippen molar-refractivity contribution >= 4 is 39.1 Å². The van der Waals surface area contributed by atoms with E-state index in [0.717, 1.165) is 22.9 Å². The third-order valence-corrected chi connectivity index (χ3v) is 5.64. The van der Waals surface area contributed by atoms with Gasteiger partial charge in [0.05, 0.1) is 5.56 Å². The topological polar surface area (TPSA) is 69.7 Å². The second-order valence-electron chi connectivity index (χ2n) is 6.48. The average Bonchev–Trinajstić information content (AvgIpc) is 3.36. The van der Waals surface area contributed by atoms with E-state index in [0.29, 0.717) is 31.7 Å². The summed E-state index contributed by atoms with van der Waals surface area (Å²) in [6.45, 7) is 1.69. The summed E-state index contributed by atoms with van der Waals surface area (Å²) in [7, 11) is 0. The molecular weight excluding hydrogens is 338 g/mol. The molecule has 2 heterocycles. The van der Waals surface area contributed by atoms with Gasteiger partial charge < -0.3 is 15.1 Å². The molecule has 4 rings (SSSR count). The maximum atomic E-state index is 12.8. The van der Waals surface area contributed by atoms with Crippen molar-refractivity contribution in [3.8, 4) is 0 Å². The zero-order chi connectivity index (χ0) is 17.4. The van der Waals surface area contributed by atoms with Crippen molar-refractivity contribution in [2.75, 3.05) is 26.2 Å². The molecule has 1 aliphatic heterocycles. The van der Waals surface area contributed by atoms with E-state index in [1.165, 1.54) is 4.90 Å². The van der Waals surface area contributed by atoms with E-state index in [1.54, 1.807) is 16.2 Å². The Morgan fingerprint density at radius 2 is 1.68 bits per heavy atom. The molecule has 0 radical (unpaired) electrons. The first-order chi connectivity index (χ1) is 12.1. The molecule has 1 aromatic heterocycles. The highest BCUT2D eigenvalue weighted by Crippen LogP contribution is 2.27. The summed E-state index contributed by atoms with van der Waals surface area (Å²) in [6, 6.07) is 8.03. The van der Waals surface area contributed by atoms with Gasteiger partial charge in [-0.3, -0.25) is 14.4 Å². The van der Waals surface area contributed by atoms with Gasteiger partial charge in [0, 0.05) is 47.7 Å². The molecule has 25 heavy (non-hydrogen) atoms. The molecule has 2 aliphatic rings. The number of fused-ring (bicyclic) bond motifs is 1. The number of carbonyl (C=O) groups excluding carboxylic acids is 3. The third-order valence-electron chi connectivity index (χ3n) is 4.67. The highest BCUT2D eigenvalue weighted by molar-refractivity contribution is 7.17. The lowest BCUT2D eigenvalue weighted by Crippen LogP contribution is -2.54. The molecule has 3 amide bonds. The van der Waals surface area contributed by atoms with E-state index < -0.39 is 11.8 Å². The Morgan fingerprint density at radius 1 is 1.00 bits per heavy atom. The Kier molecular flexibility index (Phi) is 4.17. The van der Waals surface area contributed by atoms with Crippen LogP contribution >= 0.6 is 11.3 Å². The summed E-state index contributed by atoms with van der Waals surface area (Å²) in [5.74, 6) is -1.02. The Labute approximate surface area is 149 Å². The maximum Gasteiger partial charge on any atom is 0.312 e. The van der Waals surface area contributed by atoms with Crippen molar-refractivity contribution in [3.05, 3.63) is 35.2 Å². The van der Waals surface area contributed by atoms with Crippen LogP contribution in [0.15, 0.2) is 29.6 Å². The largest absolute Gasteiger partial charge is 0.345 e. The predicted octanol–water partition coefficient (Wildman–Crippen LogP) is 1.46. The van der Waals surface area contributed by atoms with Gasteiger partial charge in [-0.1, -0.05) is 18.2 Å². The first kappa shape index (κ1) is 16.1. The number of amides is 3. The number of carbonyl (C=O) groups is 3.